The van der Waals surface area contributed by atoms with Crippen molar-refractivity contribution < 1.29 is 13.6 Å². The normalized spacial score (nSPS) is 26.0. The molecule has 3 unspecified atom stereocenters. The van der Waals surface area contributed by atoms with Gasteiger partial charge in [-0.2, -0.15) is 0 Å². The highest BCUT2D eigenvalue weighted by atomic mass is 35.5. The molecule has 1 saturated carbocycles. The second kappa shape index (κ2) is 7.38. The zero-order valence-corrected chi connectivity index (χ0v) is 13.7. The topological polar surface area (TPSA) is 55.1 Å². The Labute approximate surface area is 136 Å². The van der Waals surface area contributed by atoms with E-state index in [1.165, 1.54) is 18.2 Å². The van der Waals surface area contributed by atoms with E-state index >= 15 is 0 Å². The molecule has 0 bridgehead atoms. The van der Waals surface area contributed by atoms with Gasteiger partial charge in [0.25, 0.3) is 0 Å². The second-order valence-corrected chi connectivity index (χ2v) is 6.17. The van der Waals surface area contributed by atoms with Gasteiger partial charge in [0.2, 0.25) is 5.91 Å². The third-order valence-corrected chi connectivity index (χ3v) is 4.36. The van der Waals surface area contributed by atoms with Crippen LogP contribution in [0.5, 0.6) is 0 Å². The fourth-order valence-corrected chi connectivity index (χ4v) is 3.10. The van der Waals surface area contributed by atoms with E-state index in [-0.39, 0.29) is 29.8 Å². The minimum atomic E-state index is -0.726. The van der Waals surface area contributed by atoms with E-state index in [0.717, 1.165) is 19.3 Å². The average molecular weight is 333 g/mol. The quantitative estimate of drug-likeness (QED) is 0.890. The molecule has 0 aliphatic heterocycles. The molecule has 0 heterocycles. The Balaban J connectivity index is 0.00000242. The van der Waals surface area contributed by atoms with Crippen molar-refractivity contribution >= 4 is 18.3 Å². The molecule has 2 rings (SSSR count). The molecule has 3 atom stereocenters. The van der Waals surface area contributed by atoms with Crippen LogP contribution in [0.2, 0.25) is 0 Å². The largest absolute Gasteiger partial charge is 0.349 e. The number of nitrogens with one attached hydrogen (secondary N) is 1. The molecule has 1 amide bonds. The molecular formula is C16H23ClF2N2O. The molecule has 1 aliphatic carbocycles. The van der Waals surface area contributed by atoms with Gasteiger partial charge in [0.15, 0.2) is 0 Å². The maximum Gasteiger partial charge on any atom is 0.225 e. The number of carbonyl (C=O) groups excluding carboxylic acids is 1. The molecule has 0 radical (unpaired) electrons. The van der Waals surface area contributed by atoms with Crippen molar-refractivity contribution in [3.05, 3.63) is 35.4 Å². The smallest absolute Gasteiger partial charge is 0.225 e. The second-order valence-electron chi connectivity index (χ2n) is 6.17. The van der Waals surface area contributed by atoms with Crippen molar-refractivity contribution in [2.75, 3.05) is 0 Å². The highest BCUT2D eigenvalue weighted by Gasteiger charge is 2.38. The lowest BCUT2D eigenvalue weighted by Crippen LogP contribution is -2.53. The molecule has 1 aliphatic rings. The van der Waals surface area contributed by atoms with Crippen LogP contribution in [-0.4, -0.2) is 11.4 Å². The molecule has 22 heavy (non-hydrogen) atoms. The third-order valence-electron chi connectivity index (χ3n) is 4.36. The third kappa shape index (κ3) is 3.96. The van der Waals surface area contributed by atoms with Crippen LogP contribution in [-0.2, 0) is 4.79 Å². The van der Waals surface area contributed by atoms with Gasteiger partial charge in [-0.3, -0.25) is 4.79 Å². The molecule has 3 nitrogen and oxygen atoms in total. The summed E-state index contributed by atoms with van der Waals surface area (Å²) in [6, 6.07) is 2.96. The maximum atomic E-state index is 13.7. The molecule has 0 spiro atoms. The summed E-state index contributed by atoms with van der Waals surface area (Å²) in [6.07, 6.45) is 3.46. The van der Waals surface area contributed by atoms with Crippen LogP contribution in [0.15, 0.2) is 18.2 Å². The number of halogens is 3. The number of nitrogens with two attached hydrogens (primary N) is 1. The molecule has 6 heteroatoms. The first-order chi connectivity index (χ1) is 9.83. The van der Waals surface area contributed by atoms with Crippen molar-refractivity contribution in [3.63, 3.8) is 0 Å². The highest BCUT2D eigenvalue weighted by molar-refractivity contribution is 5.85. The van der Waals surface area contributed by atoms with Gasteiger partial charge in [-0.1, -0.05) is 18.9 Å². The molecule has 1 fully saturated rings. The number of hydrogen-bond donors (Lipinski definition) is 2. The lowest BCUT2D eigenvalue weighted by atomic mass is 9.74. The van der Waals surface area contributed by atoms with Gasteiger partial charge in [0.05, 0.1) is 12.0 Å². The van der Waals surface area contributed by atoms with Crippen molar-refractivity contribution in [2.45, 2.75) is 51.1 Å². The lowest BCUT2D eigenvalue weighted by Gasteiger charge is -2.37. The summed E-state index contributed by atoms with van der Waals surface area (Å²) in [4.78, 5) is 12.4. The summed E-state index contributed by atoms with van der Waals surface area (Å²) < 4.78 is 27.5. The molecule has 124 valence electrons. The minimum Gasteiger partial charge on any atom is -0.349 e. The number of benzene rings is 1. The zero-order chi connectivity index (χ0) is 15.6. The van der Waals surface area contributed by atoms with E-state index in [0.29, 0.717) is 6.42 Å². The van der Waals surface area contributed by atoms with Crippen molar-refractivity contribution in [1.82, 2.24) is 5.32 Å². The van der Waals surface area contributed by atoms with Crippen LogP contribution >= 0.6 is 12.4 Å². The zero-order valence-electron chi connectivity index (χ0n) is 12.9. The van der Waals surface area contributed by atoms with Crippen LogP contribution < -0.4 is 11.1 Å². The van der Waals surface area contributed by atoms with Gasteiger partial charge in [-0.25, -0.2) is 8.78 Å². The van der Waals surface area contributed by atoms with E-state index in [1.807, 2.05) is 6.92 Å². The monoisotopic (exact) mass is 332 g/mol. The Morgan fingerprint density at radius 2 is 1.95 bits per heavy atom. The minimum absolute atomic E-state index is 0. The van der Waals surface area contributed by atoms with Gasteiger partial charge in [0, 0.05) is 11.1 Å². The first-order valence-corrected chi connectivity index (χ1v) is 7.36. The van der Waals surface area contributed by atoms with E-state index in [4.69, 9.17) is 5.73 Å². The fourth-order valence-electron chi connectivity index (χ4n) is 3.10. The van der Waals surface area contributed by atoms with Crippen molar-refractivity contribution in [3.8, 4) is 0 Å². The Hall–Kier alpha value is -1.20. The van der Waals surface area contributed by atoms with Crippen LogP contribution in [0.25, 0.3) is 0 Å². The molecule has 1 aromatic carbocycles. The fraction of sp³-hybridized carbons (Fsp3) is 0.562. The van der Waals surface area contributed by atoms with Crippen LogP contribution in [0.4, 0.5) is 8.78 Å². The first-order valence-electron chi connectivity index (χ1n) is 7.36. The van der Waals surface area contributed by atoms with Gasteiger partial charge in [-0.15, -0.1) is 12.4 Å². The number of amides is 1. The SMILES string of the molecule is CC(NC(=O)C1CCCCC1(C)N)c1c(F)cccc1F.Cl. The first kappa shape index (κ1) is 18.8. The van der Waals surface area contributed by atoms with Crippen LogP contribution in [0.3, 0.4) is 0 Å². The summed E-state index contributed by atoms with van der Waals surface area (Å²) in [5, 5.41) is 2.70. The molecule has 0 saturated heterocycles. The number of rotatable bonds is 3. The van der Waals surface area contributed by atoms with Crippen LogP contribution in [0, 0.1) is 17.6 Å². The summed E-state index contributed by atoms with van der Waals surface area (Å²) in [7, 11) is 0. The maximum absolute atomic E-state index is 13.7. The van der Waals surface area contributed by atoms with Crippen molar-refractivity contribution in [2.24, 2.45) is 11.7 Å². The number of hydrogen-bond acceptors (Lipinski definition) is 2. The van der Waals surface area contributed by atoms with E-state index in [9.17, 15) is 13.6 Å². The molecular weight excluding hydrogens is 310 g/mol. The molecule has 0 aromatic heterocycles. The van der Waals surface area contributed by atoms with Crippen molar-refractivity contribution in [1.29, 1.82) is 0 Å². The van der Waals surface area contributed by atoms with E-state index in [1.54, 1.807) is 6.92 Å². The summed E-state index contributed by atoms with van der Waals surface area (Å²) in [5.74, 6) is -1.85. The predicted octanol–water partition coefficient (Wildman–Crippen LogP) is 3.47. The Bertz CT molecular complexity index is 517. The molecule has 1 aromatic rings. The Morgan fingerprint density at radius 3 is 2.50 bits per heavy atom. The summed E-state index contributed by atoms with van der Waals surface area (Å²) in [5.41, 5.74) is 5.52. The van der Waals surface area contributed by atoms with Gasteiger partial charge in [0.1, 0.15) is 11.6 Å². The van der Waals surface area contributed by atoms with Gasteiger partial charge >= 0.3 is 0 Å². The summed E-state index contributed by atoms with van der Waals surface area (Å²) in [6.45, 7) is 3.45. The van der Waals surface area contributed by atoms with Gasteiger partial charge in [-0.05, 0) is 38.8 Å². The number of carbonyl (C=O) groups is 1. The Morgan fingerprint density at radius 1 is 1.36 bits per heavy atom. The van der Waals surface area contributed by atoms with Gasteiger partial charge < -0.3 is 11.1 Å². The van der Waals surface area contributed by atoms with E-state index < -0.39 is 23.2 Å². The standard InChI is InChI=1S/C16H22F2N2O.ClH/c1-10(14-12(17)7-5-8-13(14)18)20-15(21)11-6-3-4-9-16(11,2)19;/h5,7-8,10-11H,3-4,6,9,19H2,1-2H3,(H,20,21);1H. The molecule has 3 N–H and O–H groups in total. The lowest BCUT2D eigenvalue weighted by molar-refractivity contribution is -0.128. The average Bonchev–Trinajstić information content (AvgIpc) is 2.37. The van der Waals surface area contributed by atoms with E-state index in [2.05, 4.69) is 5.32 Å². The summed E-state index contributed by atoms with van der Waals surface area (Å²) >= 11 is 0. The Kier molecular flexibility index (Phi) is 6.32. The van der Waals surface area contributed by atoms with Crippen LogP contribution in [0.1, 0.15) is 51.1 Å². The predicted molar refractivity (Wildman–Crippen MR) is 84.7 cm³/mol. The highest BCUT2D eigenvalue weighted by Crippen LogP contribution is 2.32.